The predicted octanol–water partition coefficient (Wildman–Crippen LogP) is 4.33. The van der Waals surface area contributed by atoms with Crippen molar-refractivity contribution in [3.8, 4) is 0 Å². The number of rotatable bonds is 2. The Kier molecular flexibility index (Phi) is 3.59. The summed E-state index contributed by atoms with van der Waals surface area (Å²) in [5.41, 5.74) is 3.16. The van der Waals surface area contributed by atoms with Crippen molar-refractivity contribution in [2.45, 2.75) is 13.3 Å². The summed E-state index contributed by atoms with van der Waals surface area (Å²) in [7, 11) is 0. The number of aryl methyl sites for hydroxylation is 1. The maximum atomic E-state index is 13.5. The standard InChI is InChI=1S/C14H12FI/c1-10-6-7-13(16)9-12(10)8-11-4-2-3-5-14(11)15/h2-7,9H,8H2,1H3. The smallest absolute Gasteiger partial charge is 0.126 e. The third-order valence-electron chi connectivity index (χ3n) is 2.65. The van der Waals surface area contributed by atoms with Crippen molar-refractivity contribution in [1.82, 2.24) is 0 Å². The molecule has 0 aliphatic heterocycles. The molecule has 2 heteroatoms. The molecule has 0 bridgehead atoms. The molecule has 0 aliphatic carbocycles. The first-order valence-electron chi connectivity index (χ1n) is 5.15. The Morgan fingerprint density at radius 2 is 1.81 bits per heavy atom. The van der Waals surface area contributed by atoms with Gasteiger partial charge in [-0.15, -0.1) is 0 Å². The molecule has 16 heavy (non-hydrogen) atoms. The fraction of sp³-hybridized carbons (Fsp3) is 0.143. The van der Waals surface area contributed by atoms with Crippen LogP contribution in [0.1, 0.15) is 16.7 Å². The summed E-state index contributed by atoms with van der Waals surface area (Å²) < 4.78 is 14.7. The van der Waals surface area contributed by atoms with Gasteiger partial charge >= 0.3 is 0 Å². The van der Waals surface area contributed by atoms with Crippen LogP contribution in [0.2, 0.25) is 0 Å². The summed E-state index contributed by atoms with van der Waals surface area (Å²) in [6.07, 6.45) is 0.662. The van der Waals surface area contributed by atoms with Gasteiger partial charge in [-0.2, -0.15) is 0 Å². The van der Waals surface area contributed by atoms with Gasteiger partial charge in [-0.3, -0.25) is 0 Å². The third kappa shape index (κ3) is 2.61. The zero-order chi connectivity index (χ0) is 11.5. The minimum Gasteiger partial charge on any atom is -0.207 e. The molecular formula is C14H12FI. The van der Waals surface area contributed by atoms with E-state index >= 15 is 0 Å². The summed E-state index contributed by atoms with van der Waals surface area (Å²) in [5.74, 6) is -0.124. The number of hydrogen-bond acceptors (Lipinski definition) is 0. The fourth-order valence-corrected chi connectivity index (χ4v) is 2.23. The highest BCUT2D eigenvalue weighted by molar-refractivity contribution is 14.1. The number of halogens is 2. The summed E-state index contributed by atoms with van der Waals surface area (Å²) in [6, 6.07) is 13.2. The first kappa shape index (κ1) is 11.6. The van der Waals surface area contributed by atoms with Gasteiger partial charge in [0, 0.05) is 9.99 Å². The number of hydrogen-bond donors (Lipinski definition) is 0. The lowest BCUT2D eigenvalue weighted by molar-refractivity contribution is 0.614. The normalized spacial score (nSPS) is 10.4. The van der Waals surface area contributed by atoms with Gasteiger partial charge in [0.15, 0.2) is 0 Å². The highest BCUT2D eigenvalue weighted by Crippen LogP contribution is 2.18. The Bertz CT molecular complexity index is 506. The molecule has 0 fully saturated rings. The van der Waals surface area contributed by atoms with E-state index in [1.807, 2.05) is 12.1 Å². The van der Waals surface area contributed by atoms with Gasteiger partial charge in [0.05, 0.1) is 0 Å². The summed E-state index contributed by atoms with van der Waals surface area (Å²) >= 11 is 2.28. The van der Waals surface area contributed by atoms with Crippen LogP contribution in [0.4, 0.5) is 4.39 Å². The van der Waals surface area contributed by atoms with Crippen molar-refractivity contribution < 1.29 is 4.39 Å². The third-order valence-corrected chi connectivity index (χ3v) is 3.32. The maximum absolute atomic E-state index is 13.5. The Hall–Kier alpha value is -0.900. The molecule has 0 unspecified atom stereocenters. The molecule has 0 saturated carbocycles. The van der Waals surface area contributed by atoms with Crippen LogP contribution in [-0.4, -0.2) is 0 Å². The van der Waals surface area contributed by atoms with Crippen molar-refractivity contribution >= 4 is 22.6 Å². The average molecular weight is 326 g/mol. The molecule has 0 atom stereocenters. The van der Waals surface area contributed by atoms with Crippen molar-refractivity contribution in [1.29, 1.82) is 0 Å². The van der Waals surface area contributed by atoms with Crippen molar-refractivity contribution in [2.75, 3.05) is 0 Å². The predicted molar refractivity (Wildman–Crippen MR) is 73.1 cm³/mol. The van der Waals surface area contributed by atoms with Gasteiger partial charge in [0.25, 0.3) is 0 Å². The molecule has 2 rings (SSSR count). The summed E-state index contributed by atoms with van der Waals surface area (Å²) in [5, 5.41) is 0. The quantitative estimate of drug-likeness (QED) is 0.721. The van der Waals surface area contributed by atoms with Gasteiger partial charge in [-0.05, 0) is 64.4 Å². The van der Waals surface area contributed by atoms with Gasteiger partial charge in [0.1, 0.15) is 5.82 Å². The summed E-state index contributed by atoms with van der Waals surface area (Å²) in [4.78, 5) is 0. The SMILES string of the molecule is Cc1ccc(I)cc1Cc1ccccc1F. The first-order chi connectivity index (χ1) is 7.66. The van der Waals surface area contributed by atoms with Crippen molar-refractivity contribution in [2.24, 2.45) is 0 Å². The van der Waals surface area contributed by atoms with Crippen LogP contribution in [0.25, 0.3) is 0 Å². The summed E-state index contributed by atoms with van der Waals surface area (Å²) in [6.45, 7) is 2.06. The largest absolute Gasteiger partial charge is 0.207 e. The van der Waals surface area contributed by atoms with Gasteiger partial charge in [-0.1, -0.05) is 24.3 Å². The number of benzene rings is 2. The van der Waals surface area contributed by atoms with Crippen molar-refractivity contribution in [3.63, 3.8) is 0 Å². The molecule has 0 aliphatic rings. The van der Waals surface area contributed by atoms with Gasteiger partial charge in [-0.25, -0.2) is 4.39 Å². The lowest BCUT2D eigenvalue weighted by Gasteiger charge is -2.07. The van der Waals surface area contributed by atoms with E-state index in [4.69, 9.17) is 0 Å². The monoisotopic (exact) mass is 326 g/mol. The van der Waals surface area contributed by atoms with E-state index in [0.717, 1.165) is 5.56 Å². The van der Waals surface area contributed by atoms with Crippen LogP contribution in [0.15, 0.2) is 42.5 Å². The van der Waals surface area contributed by atoms with E-state index in [-0.39, 0.29) is 5.82 Å². The van der Waals surface area contributed by atoms with Gasteiger partial charge in [0.2, 0.25) is 0 Å². The lowest BCUT2D eigenvalue weighted by atomic mass is 10.0. The molecule has 0 aromatic heterocycles. The van der Waals surface area contributed by atoms with E-state index in [0.29, 0.717) is 6.42 Å². The van der Waals surface area contributed by atoms with Crippen LogP contribution in [0, 0.1) is 16.3 Å². The van der Waals surface area contributed by atoms with Crippen molar-refractivity contribution in [3.05, 3.63) is 68.5 Å². The Morgan fingerprint density at radius 1 is 1.06 bits per heavy atom. The van der Waals surface area contributed by atoms with Crippen LogP contribution in [-0.2, 0) is 6.42 Å². The molecule has 0 nitrogen and oxygen atoms in total. The Labute approximate surface area is 109 Å². The van der Waals surface area contributed by atoms with Crippen LogP contribution in [0.5, 0.6) is 0 Å². The van der Waals surface area contributed by atoms with Crippen LogP contribution >= 0.6 is 22.6 Å². The second-order valence-electron chi connectivity index (χ2n) is 3.84. The minimum absolute atomic E-state index is 0.124. The Morgan fingerprint density at radius 3 is 2.56 bits per heavy atom. The fourth-order valence-electron chi connectivity index (χ4n) is 1.68. The lowest BCUT2D eigenvalue weighted by Crippen LogP contribution is -1.95. The Balaban J connectivity index is 2.34. The molecule has 2 aromatic carbocycles. The highest BCUT2D eigenvalue weighted by atomic mass is 127. The van der Waals surface area contributed by atoms with Crippen LogP contribution < -0.4 is 0 Å². The highest BCUT2D eigenvalue weighted by Gasteiger charge is 2.04. The molecule has 0 heterocycles. The van der Waals surface area contributed by atoms with E-state index in [9.17, 15) is 4.39 Å². The molecular weight excluding hydrogens is 314 g/mol. The molecule has 0 radical (unpaired) electrons. The van der Waals surface area contributed by atoms with E-state index < -0.39 is 0 Å². The molecule has 0 saturated heterocycles. The van der Waals surface area contributed by atoms with E-state index in [1.165, 1.54) is 20.8 Å². The molecule has 2 aromatic rings. The average Bonchev–Trinajstić information content (AvgIpc) is 2.27. The molecule has 82 valence electrons. The zero-order valence-electron chi connectivity index (χ0n) is 9.00. The maximum Gasteiger partial charge on any atom is 0.126 e. The van der Waals surface area contributed by atoms with E-state index in [2.05, 4.69) is 47.7 Å². The topological polar surface area (TPSA) is 0 Å². The first-order valence-corrected chi connectivity index (χ1v) is 6.23. The van der Waals surface area contributed by atoms with Crippen LogP contribution in [0.3, 0.4) is 0 Å². The minimum atomic E-state index is -0.124. The van der Waals surface area contributed by atoms with E-state index in [1.54, 1.807) is 6.07 Å². The second-order valence-corrected chi connectivity index (χ2v) is 5.08. The van der Waals surface area contributed by atoms with Gasteiger partial charge < -0.3 is 0 Å². The zero-order valence-corrected chi connectivity index (χ0v) is 11.2. The molecule has 0 amide bonds. The molecule has 0 spiro atoms. The second kappa shape index (κ2) is 4.95. The molecule has 0 N–H and O–H groups in total.